The number of nitrogens with two attached hydrogens (primary N) is 1. The first-order valence-corrected chi connectivity index (χ1v) is 7.40. The Morgan fingerprint density at radius 1 is 1.50 bits per heavy atom. The van der Waals surface area contributed by atoms with E-state index in [9.17, 15) is 13.2 Å². The molecule has 0 heterocycles. The molecule has 100 valence electrons. The second kappa shape index (κ2) is 5.88. The maximum absolute atomic E-state index is 11.6. The number of carbonyl (C=O) groups excluding carboxylic acids is 1. The second-order valence-electron chi connectivity index (χ2n) is 3.73. The van der Waals surface area contributed by atoms with Gasteiger partial charge in [0.15, 0.2) is 0 Å². The zero-order valence-electron chi connectivity index (χ0n) is 9.48. The van der Waals surface area contributed by atoms with Crippen LogP contribution in [0.4, 0.5) is 5.69 Å². The number of benzene rings is 1. The van der Waals surface area contributed by atoms with Crippen LogP contribution in [0.5, 0.6) is 0 Å². The molecule has 0 fully saturated rings. The van der Waals surface area contributed by atoms with Crippen LogP contribution >= 0.6 is 23.2 Å². The standard InChI is InChI=1S/C10H12Cl2N2O3S/c1-6(5-11)10(15)14-9-4-7(18(13,16)17)2-3-8(9)12/h2-4,6H,5H2,1H3,(H,14,15)(H2,13,16,17). The van der Waals surface area contributed by atoms with Crippen LogP contribution < -0.4 is 10.5 Å². The van der Waals surface area contributed by atoms with Crippen LogP contribution in [0.15, 0.2) is 23.1 Å². The minimum Gasteiger partial charge on any atom is -0.324 e. The molecule has 0 aromatic heterocycles. The summed E-state index contributed by atoms with van der Waals surface area (Å²) in [7, 11) is -3.84. The second-order valence-corrected chi connectivity index (χ2v) is 6.01. The lowest BCUT2D eigenvalue weighted by Crippen LogP contribution is -2.22. The van der Waals surface area contributed by atoms with E-state index in [2.05, 4.69) is 5.32 Å². The zero-order valence-corrected chi connectivity index (χ0v) is 11.8. The van der Waals surface area contributed by atoms with E-state index < -0.39 is 15.9 Å². The van der Waals surface area contributed by atoms with E-state index in [1.807, 2.05) is 0 Å². The van der Waals surface area contributed by atoms with Gasteiger partial charge in [0, 0.05) is 11.8 Å². The molecule has 0 bridgehead atoms. The molecule has 1 amide bonds. The highest BCUT2D eigenvalue weighted by atomic mass is 35.5. The number of carbonyl (C=O) groups is 1. The maximum atomic E-state index is 11.6. The van der Waals surface area contributed by atoms with Gasteiger partial charge in [0.25, 0.3) is 0 Å². The van der Waals surface area contributed by atoms with Crippen molar-refractivity contribution in [2.45, 2.75) is 11.8 Å². The van der Waals surface area contributed by atoms with E-state index in [1.165, 1.54) is 18.2 Å². The third-order valence-electron chi connectivity index (χ3n) is 2.20. The van der Waals surface area contributed by atoms with E-state index in [1.54, 1.807) is 6.92 Å². The Balaban J connectivity index is 3.06. The van der Waals surface area contributed by atoms with Gasteiger partial charge in [0.2, 0.25) is 15.9 Å². The number of primary sulfonamides is 1. The molecular formula is C10H12Cl2N2O3S. The number of hydrogen-bond acceptors (Lipinski definition) is 3. The smallest absolute Gasteiger partial charge is 0.238 e. The van der Waals surface area contributed by atoms with Gasteiger partial charge in [-0.25, -0.2) is 13.6 Å². The van der Waals surface area contributed by atoms with E-state index in [0.717, 1.165) is 0 Å². The topological polar surface area (TPSA) is 89.3 Å². The van der Waals surface area contributed by atoms with E-state index >= 15 is 0 Å². The molecular weight excluding hydrogens is 299 g/mol. The quantitative estimate of drug-likeness (QED) is 0.831. The van der Waals surface area contributed by atoms with Gasteiger partial charge >= 0.3 is 0 Å². The van der Waals surface area contributed by atoms with Crippen molar-refractivity contribution < 1.29 is 13.2 Å². The van der Waals surface area contributed by atoms with Gasteiger partial charge in [0.1, 0.15) is 0 Å². The third kappa shape index (κ3) is 3.84. The summed E-state index contributed by atoms with van der Waals surface area (Å²) in [5.41, 5.74) is 0.185. The first kappa shape index (κ1) is 15.2. The highest BCUT2D eigenvalue weighted by Crippen LogP contribution is 2.25. The molecule has 0 spiro atoms. The van der Waals surface area contributed by atoms with Crippen LogP contribution in [0, 0.1) is 5.92 Å². The van der Waals surface area contributed by atoms with Crippen LogP contribution in [0.3, 0.4) is 0 Å². The van der Waals surface area contributed by atoms with Crippen molar-refractivity contribution in [2.75, 3.05) is 11.2 Å². The highest BCUT2D eigenvalue weighted by Gasteiger charge is 2.15. The number of amides is 1. The zero-order chi connectivity index (χ0) is 13.9. The molecule has 0 saturated carbocycles. The molecule has 1 unspecified atom stereocenters. The molecule has 0 radical (unpaired) electrons. The van der Waals surface area contributed by atoms with Crippen molar-refractivity contribution in [3.05, 3.63) is 23.2 Å². The Labute approximate surface area is 115 Å². The van der Waals surface area contributed by atoms with E-state index in [-0.39, 0.29) is 27.4 Å². The molecule has 8 heteroatoms. The fourth-order valence-electron chi connectivity index (χ4n) is 1.10. The number of alkyl halides is 1. The highest BCUT2D eigenvalue weighted by molar-refractivity contribution is 7.89. The summed E-state index contributed by atoms with van der Waals surface area (Å²) in [5, 5.41) is 7.71. The van der Waals surface area contributed by atoms with Gasteiger partial charge in [-0.2, -0.15) is 0 Å². The number of sulfonamides is 1. The summed E-state index contributed by atoms with van der Waals surface area (Å²) in [4.78, 5) is 11.5. The summed E-state index contributed by atoms with van der Waals surface area (Å²) < 4.78 is 22.3. The van der Waals surface area contributed by atoms with Gasteiger partial charge < -0.3 is 5.32 Å². The molecule has 1 rings (SSSR count). The van der Waals surface area contributed by atoms with Crippen LogP contribution in [0.25, 0.3) is 0 Å². The molecule has 1 aromatic carbocycles. The monoisotopic (exact) mass is 310 g/mol. The Morgan fingerprint density at radius 3 is 2.61 bits per heavy atom. The molecule has 0 aliphatic rings. The summed E-state index contributed by atoms with van der Waals surface area (Å²) >= 11 is 11.4. The Morgan fingerprint density at radius 2 is 2.11 bits per heavy atom. The average molecular weight is 311 g/mol. The lowest BCUT2D eigenvalue weighted by Gasteiger charge is -2.11. The number of nitrogens with one attached hydrogen (secondary N) is 1. The SMILES string of the molecule is CC(CCl)C(=O)Nc1cc(S(N)(=O)=O)ccc1Cl. The average Bonchev–Trinajstić information content (AvgIpc) is 2.29. The fourth-order valence-corrected chi connectivity index (χ4v) is 1.95. The molecule has 0 saturated heterocycles. The molecule has 18 heavy (non-hydrogen) atoms. The normalized spacial score (nSPS) is 13.1. The minimum absolute atomic E-state index is 0.124. The van der Waals surface area contributed by atoms with Gasteiger partial charge in [-0.3, -0.25) is 4.79 Å². The van der Waals surface area contributed by atoms with Gasteiger partial charge in [-0.15, -0.1) is 11.6 Å². The number of anilines is 1. The van der Waals surface area contributed by atoms with Crippen LogP contribution in [0.2, 0.25) is 5.02 Å². The number of rotatable bonds is 4. The van der Waals surface area contributed by atoms with E-state index in [4.69, 9.17) is 28.3 Å². The minimum atomic E-state index is -3.84. The molecule has 3 N–H and O–H groups in total. The number of halogens is 2. The lowest BCUT2D eigenvalue weighted by atomic mass is 10.2. The molecule has 0 aliphatic carbocycles. The maximum Gasteiger partial charge on any atom is 0.238 e. The fraction of sp³-hybridized carbons (Fsp3) is 0.300. The molecule has 1 atom stereocenters. The summed E-state index contributed by atoms with van der Waals surface area (Å²) in [5.74, 6) is -0.613. The predicted molar refractivity (Wildman–Crippen MR) is 71.3 cm³/mol. The summed E-state index contributed by atoms with van der Waals surface area (Å²) in [6.07, 6.45) is 0. The van der Waals surface area contributed by atoms with Crippen LogP contribution in [-0.2, 0) is 14.8 Å². The van der Waals surface area contributed by atoms with Crippen LogP contribution in [0.1, 0.15) is 6.92 Å². The largest absolute Gasteiger partial charge is 0.324 e. The van der Waals surface area contributed by atoms with Crippen molar-refractivity contribution in [3.63, 3.8) is 0 Å². The van der Waals surface area contributed by atoms with Crippen molar-refractivity contribution in [1.29, 1.82) is 0 Å². The molecule has 5 nitrogen and oxygen atoms in total. The number of hydrogen-bond donors (Lipinski definition) is 2. The Kier molecular flexibility index (Phi) is 4.98. The molecule has 0 aliphatic heterocycles. The summed E-state index contributed by atoms with van der Waals surface area (Å²) in [6, 6.07) is 3.82. The lowest BCUT2D eigenvalue weighted by molar-refractivity contribution is -0.118. The molecule has 1 aromatic rings. The van der Waals surface area contributed by atoms with Crippen molar-refractivity contribution >= 4 is 44.8 Å². The van der Waals surface area contributed by atoms with Gasteiger partial charge in [-0.05, 0) is 18.2 Å². The first-order chi connectivity index (χ1) is 8.25. The van der Waals surface area contributed by atoms with Gasteiger partial charge in [0.05, 0.1) is 15.6 Å². The van der Waals surface area contributed by atoms with Gasteiger partial charge in [-0.1, -0.05) is 18.5 Å². The van der Waals surface area contributed by atoms with E-state index in [0.29, 0.717) is 0 Å². The van der Waals surface area contributed by atoms with Crippen molar-refractivity contribution in [2.24, 2.45) is 11.1 Å². The Hall–Kier alpha value is -0.820. The van der Waals surface area contributed by atoms with Crippen LogP contribution in [-0.4, -0.2) is 20.2 Å². The predicted octanol–water partition coefficient (Wildman–Crippen LogP) is 1.80. The van der Waals surface area contributed by atoms with Crippen molar-refractivity contribution in [3.8, 4) is 0 Å². The third-order valence-corrected chi connectivity index (χ3v) is 3.91. The first-order valence-electron chi connectivity index (χ1n) is 4.95. The summed E-state index contributed by atoms with van der Waals surface area (Å²) in [6.45, 7) is 1.64. The van der Waals surface area contributed by atoms with Crippen molar-refractivity contribution in [1.82, 2.24) is 0 Å². The Bertz CT molecular complexity index is 560.